The number of rotatable bonds is 3. The number of hydrogen-bond acceptors (Lipinski definition) is 3. The Labute approximate surface area is 105 Å². The van der Waals surface area contributed by atoms with Gasteiger partial charge < -0.3 is 10.6 Å². The molecule has 1 fully saturated rings. The maximum atomic E-state index is 4.47. The Balaban J connectivity index is 1.86. The van der Waals surface area contributed by atoms with Gasteiger partial charge in [0.25, 0.3) is 0 Å². The van der Waals surface area contributed by atoms with E-state index in [0.717, 1.165) is 29.1 Å². The summed E-state index contributed by atoms with van der Waals surface area (Å²) < 4.78 is 1.06. The van der Waals surface area contributed by atoms with Gasteiger partial charge in [0.1, 0.15) is 5.82 Å². The Morgan fingerprint density at radius 3 is 3.06 bits per heavy atom. The molecule has 2 heterocycles. The number of nitrogens with one attached hydrogen (secondary N) is 2. The van der Waals surface area contributed by atoms with Crippen LogP contribution in [-0.4, -0.2) is 24.1 Å². The molecular weight excluding hydrogens is 266 g/mol. The van der Waals surface area contributed by atoms with Crippen LogP contribution in [0.2, 0.25) is 0 Å². The predicted molar refractivity (Wildman–Crippen MR) is 70.8 cm³/mol. The van der Waals surface area contributed by atoms with Gasteiger partial charge in [-0.1, -0.05) is 6.42 Å². The first kappa shape index (κ1) is 11.9. The zero-order valence-electron chi connectivity index (χ0n) is 9.59. The summed E-state index contributed by atoms with van der Waals surface area (Å²) in [5.41, 5.74) is 1.03. The normalized spacial score (nSPS) is 20.8. The lowest BCUT2D eigenvalue weighted by atomic mass is 10.1. The zero-order valence-corrected chi connectivity index (χ0v) is 11.2. The molecule has 0 spiro atoms. The Kier molecular flexibility index (Phi) is 4.18. The highest BCUT2D eigenvalue weighted by molar-refractivity contribution is 9.10. The third-order valence-corrected chi connectivity index (χ3v) is 3.80. The van der Waals surface area contributed by atoms with Gasteiger partial charge in [-0.15, -0.1) is 0 Å². The lowest BCUT2D eigenvalue weighted by Crippen LogP contribution is -2.39. The summed E-state index contributed by atoms with van der Waals surface area (Å²) in [4.78, 5) is 4.47. The van der Waals surface area contributed by atoms with Crippen molar-refractivity contribution in [2.45, 2.75) is 32.2 Å². The first-order chi connectivity index (χ1) is 7.75. The first-order valence-electron chi connectivity index (χ1n) is 5.86. The van der Waals surface area contributed by atoms with Gasteiger partial charge in [0.15, 0.2) is 0 Å². The Hall–Kier alpha value is -0.610. The molecule has 1 saturated heterocycles. The van der Waals surface area contributed by atoms with Crippen molar-refractivity contribution in [3.63, 3.8) is 0 Å². The number of halogens is 1. The first-order valence-corrected chi connectivity index (χ1v) is 6.65. The molecule has 0 saturated carbocycles. The summed E-state index contributed by atoms with van der Waals surface area (Å²) in [6.07, 6.45) is 3.92. The second-order valence-corrected chi connectivity index (χ2v) is 5.15. The van der Waals surface area contributed by atoms with E-state index in [1.165, 1.54) is 19.3 Å². The molecule has 0 aliphatic carbocycles. The van der Waals surface area contributed by atoms with Crippen molar-refractivity contribution in [2.24, 2.45) is 0 Å². The van der Waals surface area contributed by atoms with E-state index in [1.807, 2.05) is 19.1 Å². The molecule has 16 heavy (non-hydrogen) atoms. The van der Waals surface area contributed by atoms with Crippen molar-refractivity contribution in [3.05, 3.63) is 22.3 Å². The Morgan fingerprint density at radius 2 is 2.38 bits per heavy atom. The molecule has 1 aliphatic rings. The van der Waals surface area contributed by atoms with Crippen LogP contribution in [-0.2, 0) is 0 Å². The molecule has 1 atom stereocenters. The van der Waals surface area contributed by atoms with Gasteiger partial charge in [-0.05, 0) is 54.4 Å². The molecule has 0 aromatic carbocycles. The van der Waals surface area contributed by atoms with Crippen molar-refractivity contribution < 1.29 is 0 Å². The average molecular weight is 284 g/mol. The fourth-order valence-electron chi connectivity index (χ4n) is 1.97. The number of hydrogen-bond donors (Lipinski definition) is 2. The number of aryl methyl sites for hydroxylation is 1. The molecule has 4 heteroatoms. The second kappa shape index (κ2) is 5.64. The third kappa shape index (κ3) is 3.19. The number of aromatic nitrogens is 1. The number of anilines is 1. The SMILES string of the molecule is Cc1nc(NCC2CCCCN2)ccc1Br. The van der Waals surface area contributed by atoms with E-state index in [1.54, 1.807) is 0 Å². The summed E-state index contributed by atoms with van der Waals surface area (Å²) in [7, 11) is 0. The molecular formula is C12H18BrN3. The number of pyridine rings is 1. The van der Waals surface area contributed by atoms with E-state index < -0.39 is 0 Å². The molecule has 1 aromatic rings. The Morgan fingerprint density at radius 1 is 1.50 bits per heavy atom. The van der Waals surface area contributed by atoms with Crippen LogP contribution < -0.4 is 10.6 Å². The number of nitrogens with zero attached hydrogens (tertiary/aromatic N) is 1. The van der Waals surface area contributed by atoms with Crippen molar-refractivity contribution in [1.29, 1.82) is 0 Å². The van der Waals surface area contributed by atoms with Crippen LogP contribution >= 0.6 is 15.9 Å². The summed E-state index contributed by atoms with van der Waals surface area (Å²) in [5, 5.41) is 6.90. The largest absolute Gasteiger partial charge is 0.369 e. The molecule has 0 amide bonds. The Bertz CT molecular complexity index is 348. The lowest BCUT2D eigenvalue weighted by Gasteiger charge is -2.23. The van der Waals surface area contributed by atoms with E-state index in [9.17, 15) is 0 Å². The maximum Gasteiger partial charge on any atom is 0.126 e. The predicted octanol–water partition coefficient (Wildman–Crippen LogP) is 2.71. The minimum absolute atomic E-state index is 0.597. The highest BCUT2D eigenvalue weighted by Crippen LogP contribution is 2.16. The average Bonchev–Trinajstić information content (AvgIpc) is 2.32. The van der Waals surface area contributed by atoms with Crippen molar-refractivity contribution in [1.82, 2.24) is 10.3 Å². The molecule has 1 aliphatic heterocycles. The quantitative estimate of drug-likeness (QED) is 0.896. The summed E-state index contributed by atoms with van der Waals surface area (Å²) >= 11 is 3.45. The fourth-order valence-corrected chi connectivity index (χ4v) is 2.19. The van der Waals surface area contributed by atoms with Crippen molar-refractivity contribution in [3.8, 4) is 0 Å². The van der Waals surface area contributed by atoms with Crippen LogP contribution in [0, 0.1) is 6.92 Å². The summed E-state index contributed by atoms with van der Waals surface area (Å²) in [5.74, 6) is 0.966. The standard InChI is InChI=1S/C12H18BrN3/c1-9-11(13)5-6-12(16-9)15-8-10-4-2-3-7-14-10/h5-6,10,14H,2-4,7-8H2,1H3,(H,15,16). The minimum atomic E-state index is 0.597. The van der Waals surface area contributed by atoms with E-state index >= 15 is 0 Å². The highest BCUT2D eigenvalue weighted by Gasteiger charge is 2.11. The molecule has 0 radical (unpaired) electrons. The molecule has 1 unspecified atom stereocenters. The summed E-state index contributed by atoms with van der Waals surface area (Å²) in [6.45, 7) is 4.13. The molecule has 2 rings (SSSR count). The van der Waals surface area contributed by atoms with Crippen LogP contribution in [0.4, 0.5) is 5.82 Å². The smallest absolute Gasteiger partial charge is 0.126 e. The molecule has 2 N–H and O–H groups in total. The summed E-state index contributed by atoms with van der Waals surface area (Å²) in [6, 6.07) is 4.65. The topological polar surface area (TPSA) is 37.0 Å². The third-order valence-electron chi connectivity index (χ3n) is 2.96. The van der Waals surface area contributed by atoms with Crippen LogP contribution in [0.5, 0.6) is 0 Å². The molecule has 0 bridgehead atoms. The van der Waals surface area contributed by atoms with E-state index in [2.05, 4.69) is 31.5 Å². The van der Waals surface area contributed by atoms with Crippen LogP contribution in [0.3, 0.4) is 0 Å². The van der Waals surface area contributed by atoms with Gasteiger partial charge in [0.05, 0.1) is 5.69 Å². The second-order valence-electron chi connectivity index (χ2n) is 4.29. The monoisotopic (exact) mass is 283 g/mol. The zero-order chi connectivity index (χ0) is 11.4. The fraction of sp³-hybridized carbons (Fsp3) is 0.583. The van der Waals surface area contributed by atoms with Gasteiger partial charge in [-0.2, -0.15) is 0 Å². The van der Waals surface area contributed by atoms with Gasteiger partial charge in [-0.3, -0.25) is 0 Å². The van der Waals surface area contributed by atoms with Gasteiger partial charge >= 0.3 is 0 Å². The van der Waals surface area contributed by atoms with E-state index in [4.69, 9.17) is 0 Å². The van der Waals surface area contributed by atoms with Gasteiger partial charge in [0.2, 0.25) is 0 Å². The van der Waals surface area contributed by atoms with Gasteiger partial charge in [0, 0.05) is 17.1 Å². The lowest BCUT2D eigenvalue weighted by molar-refractivity contribution is 0.414. The molecule has 88 valence electrons. The number of piperidine rings is 1. The van der Waals surface area contributed by atoms with E-state index in [0.29, 0.717) is 6.04 Å². The maximum absolute atomic E-state index is 4.47. The van der Waals surface area contributed by atoms with Crippen LogP contribution in [0.15, 0.2) is 16.6 Å². The van der Waals surface area contributed by atoms with E-state index in [-0.39, 0.29) is 0 Å². The van der Waals surface area contributed by atoms with Crippen LogP contribution in [0.1, 0.15) is 25.0 Å². The van der Waals surface area contributed by atoms with Crippen molar-refractivity contribution >= 4 is 21.7 Å². The van der Waals surface area contributed by atoms with Crippen LogP contribution in [0.25, 0.3) is 0 Å². The molecule has 1 aromatic heterocycles. The molecule has 3 nitrogen and oxygen atoms in total. The van der Waals surface area contributed by atoms with Gasteiger partial charge in [-0.25, -0.2) is 4.98 Å². The van der Waals surface area contributed by atoms with Crippen molar-refractivity contribution in [2.75, 3.05) is 18.4 Å². The highest BCUT2D eigenvalue weighted by atomic mass is 79.9. The minimum Gasteiger partial charge on any atom is -0.369 e.